The van der Waals surface area contributed by atoms with E-state index in [-0.39, 0.29) is 5.91 Å². The summed E-state index contributed by atoms with van der Waals surface area (Å²) in [6, 6.07) is 18.0. The molecule has 2 aromatic carbocycles. The van der Waals surface area contributed by atoms with E-state index < -0.39 is 0 Å². The molecule has 0 radical (unpaired) electrons. The molecule has 3 aromatic rings. The van der Waals surface area contributed by atoms with Gasteiger partial charge in [0, 0.05) is 21.8 Å². The van der Waals surface area contributed by atoms with E-state index in [1.807, 2.05) is 60.0 Å². The molecule has 0 fully saturated rings. The summed E-state index contributed by atoms with van der Waals surface area (Å²) >= 11 is 4.86. The lowest BCUT2D eigenvalue weighted by Gasteiger charge is -2.02. The third-order valence-corrected chi connectivity index (χ3v) is 4.66. The molecule has 23 heavy (non-hydrogen) atoms. The molecule has 5 heteroatoms. The molecule has 1 N–H and O–H groups in total. The van der Waals surface area contributed by atoms with Crippen molar-refractivity contribution in [3.05, 3.63) is 70.0 Å². The normalized spacial score (nSPS) is 10.5. The van der Waals surface area contributed by atoms with Crippen molar-refractivity contribution in [3.63, 3.8) is 0 Å². The predicted octanol–water partition coefficient (Wildman–Crippen LogP) is 5.14. The second-order valence-corrected chi connectivity index (χ2v) is 6.85. The molecule has 0 aliphatic rings. The lowest BCUT2D eigenvalue weighted by atomic mass is 10.1. The van der Waals surface area contributed by atoms with Gasteiger partial charge in [-0.2, -0.15) is 0 Å². The summed E-state index contributed by atoms with van der Waals surface area (Å²) in [7, 11) is 0. The lowest BCUT2D eigenvalue weighted by Crippen LogP contribution is -2.12. The number of aryl methyl sites for hydroxylation is 1. The van der Waals surface area contributed by atoms with Crippen molar-refractivity contribution >= 4 is 38.3 Å². The van der Waals surface area contributed by atoms with Crippen LogP contribution in [-0.2, 0) is 11.2 Å². The molecular weight excluding hydrogens is 372 g/mol. The van der Waals surface area contributed by atoms with E-state index in [0.717, 1.165) is 27.7 Å². The molecule has 1 amide bonds. The predicted molar refractivity (Wildman–Crippen MR) is 98.6 cm³/mol. The summed E-state index contributed by atoms with van der Waals surface area (Å²) in [5, 5.41) is 5.47. The third kappa shape index (κ3) is 4.50. The van der Waals surface area contributed by atoms with E-state index in [1.165, 1.54) is 11.3 Å². The number of carbonyl (C=O) groups is 1. The Morgan fingerprint density at radius 2 is 1.83 bits per heavy atom. The highest BCUT2D eigenvalue weighted by molar-refractivity contribution is 9.10. The second-order valence-electron chi connectivity index (χ2n) is 5.08. The highest BCUT2D eigenvalue weighted by Crippen LogP contribution is 2.26. The molecular formula is C18H15BrN2OS. The van der Waals surface area contributed by atoms with Crippen molar-refractivity contribution in [2.75, 3.05) is 5.32 Å². The maximum atomic E-state index is 12.0. The van der Waals surface area contributed by atoms with Gasteiger partial charge in [0.25, 0.3) is 0 Å². The van der Waals surface area contributed by atoms with Gasteiger partial charge in [-0.1, -0.05) is 58.4 Å². The van der Waals surface area contributed by atoms with Crippen molar-refractivity contribution in [1.29, 1.82) is 0 Å². The molecule has 0 saturated heterocycles. The van der Waals surface area contributed by atoms with Crippen molar-refractivity contribution in [1.82, 2.24) is 4.98 Å². The Balaban J connectivity index is 1.58. The molecule has 0 aliphatic carbocycles. The number of carbonyl (C=O) groups excluding carboxylic acids is 1. The van der Waals surface area contributed by atoms with Crippen LogP contribution in [0.3, 0.4) is 0 Å². The fourth-order valence-electron chi connectivity index (χ4n) is 2.17. The van der Waals surface area contributed by atoms with Crippen LogP contribution in [0.1, 0.15) is 12.0 Å². The van der Waals surface area contributed by atoms with Crippen molar-refractivity contribution in [2.45, 2.75) is 12.8 Å². The SMILES string of the molecule is O=C(CCc1ccccc1)Nc1nc(-c2ccc(Br)cc2)cs1. The molecule has 0 aliphatic heterocycles. The van der Waals surface area contributed by atoms with Gasteiger partial charge in [-0.05, 0) is 24.1 Å². The summed E-state index contributed by atoms with van der Waals surface area (Å²) in [4.78, 5) is 16.5. The van der Waals surface area contributed by atoms with Crippen LogP contribution >= 0.6 is 27.3 Å². The maximum Gasteiger partial charge on any atom is 0.226 e. The Morgan fingerprint density at radius 1 is 1.09 bits per heavy atom. The van der Waals surface area contributed by atoms with Crippen LogP contribution in [0.25, 0.3) is 11.3 Å². The van der Waals surface area contributed by atoms with Gasteiger partial charge in [-0.25, -0.2) is 4.98 Å². The van der Waals surface area contributed by atoms with Gasteiger partial charge in [0.1, 0.15) is 0 Å². The van der Waals surface area contributed by atoms with Crippen LogP contribution in [0.2, 0.25) is 0 Å². The maximum absolute atomic E-state index is 12.0. The number of amides is 1. The van der Waals surface area contributed by atoms with Gasteiger partial charge in [-0.3, -0.25) is 4.79 Å². The molecule has 0 bridgehead atoms. The average molecular weight is 387 g/mol. The first-order valence-corrected chi connectivity index (χ1v) is 8.93. The van der Waals surface area contributed by atoms with Crippen LogP contribution in [0.5, 0.6) is 0 Å². The molecule has 1 heterocycles. The number of thiazole rings is 1. The smallest absolute Gasteiger partial charge is 0.226 e. The Kier molecular flexibility index (Phi) is 5.20. The Labute approximate surface area is 147 Å². The van der Waals surface area contributed by atoms with Crippen LogP contribution in [0, 0.1) is 0 Å². The number of aromatic nitrogens is 1. The minimum Gasteiger partial charge on any atom is -0.302 e. The molecule has 0 unspecified atom stereocenters. The summed E-state index contributed by atoms with van der Waals surface area (Å²) in [6.45, 7) is 0. The standard InChI is InChI=1S/C18H15BrN2OS/c19-15-9-7-14(8-10-15)16-12-23-18(20-16)21-17(22)11-6-13-4-2-1-3-5-13/h1-5,7-10,12H,6,11H2,(H,20,21,22). The number of nitrogens with one attached hydrogen (secondary N) is 1. The van der Waals surface area contributed by atoms with Gasteiger partial charge in [-0.15, -0.1) is 11.3 Å². The molecule has 116 valence electrons. The monoisotopic (exact) mass is 386 g/mol. The third-order valence-electron chi connectivity index (χ3n) is 3.37. The van der Waals surface area contributed by atoms with E-state index in [9.17, 15) is 4.79 Å². The number of hydrogen-bond acceptors (Lipinski definition) is 3. The molecule has 0 spiro atoms. The quantitative estimate of drug-likeness (QED) is 0.658. The van der Waals surface area contributed by atoms with E-state index in [2.05, 4.69) is 26.2 Å². The summed E-state index contributed by atoms with van der Waals surface area (Å²) in [6.07, 6.45) is 1.19. The highest BCUT2D eigenvalue weighted by Gasteiger charge is 2.08. The summed E-state index contributed by atoms with van der Waals surface area (Å²) < 4.78 is 1.03. The molecule has 3 rings (SSSR count). The fourth-order valence-corrected chi connectivity index (χ4v) is 3.17. The van der Waals surface area contributed by atoms with Gasteiger partial charge in [0.15, 0.2) is 5.13 Å². The van der Waals surface area contributed by atoms with Crippen LogP contribution in [0.4, 0.5) is 5.13 Å². The van der Waals surface area contributed by atoms with E-state index in [1.54, 1.807) is 0 Å². The van der Waals surface area contributed by atoms with Crippen LogP contribution in [-0.4, -0.2) is 10.9 Å². The van der Waals surface area contributed by atoms with Crippen molar-refractivity contribution < 1.29 is 4.79 Å². The first kappa shape index (κ1) is 15.9. The minimum atomic E-state index is -0.00874. The summed E-state index contributed by atoms with van der Waals surface area (Å²) in [5.41, 5.74) is 3.08. The Hall–Kier alpha value is -1.98. The van der Waals surface area contributed by atoms with Crippen LogP contribution < -0.4 is 5.32 Å². The van der Waals surface area contributed by atoms with Gasteiger partial charge in [0.05, 0.1) is 5.69 Å². The van der Waals surface area contributed by atoms with E-state index in [0.29, 0.717) is 11.6 Å². The van der Waals surface area contributed by atoms with Gasteiger partial charge in [0.2, 0.25) is 5.91 Å². The lowest BCUT2D eigenvalue weighted by molar-refractivity contribution is -0.116. The second kappa shape index (κ2) is 7.53. The van der Waals surface area contributed by atoms with Gasteiger partial charge >= 0.3 is 0 Å². The first-order valence-electron chi connectivity index (χ1n) is 7.26. The zero-order valence-corrected chi connectivity index (χ0v) is 14.7. The molecule has 1 aromatic heterocycles. The first-order chi connectivity index (χ1) is 11.2. The minimum absolute atomic E-state index is 0.00874. The van der Waals surface area contributed by atoms with E-state index in [4.69, 9.17) is 0 Å². The summed E-state index contributed by atoms with van der Waals surface area (Å²) in [5.74, 6) is -0.00874. The van der Waals surface area contributed by atoms with Crippen molar-refractivity contribution in [3.8, 4) is 11.3 Å². The fraction of sp³-hybridized carbons (Fsp3) is 0.111. The topological polar surface area (TPSA) is 42.0 Å². The number of hydrogen-bond donors (Lipinski definition) is 1. The largest absolute Gasteiger partial charge is 0.302 e. The van der Waals surface area contributed by atoms with Crippen LogP contribution in [0.15, 0.2) is 64.5 Å². The Morgan fingerprint density at radius 3 is 2.57 bits per heavy atom. The van der Waals surface area contributed by atoms with E-state index >= 15 is 0 Å². The Bertz CT molecular complexity index is 784. The number of benzene rings is 2. The number of nitrogens with zero attached hydrogens (tertiary/aromatic N) is 1. The number of anilines is 1. The molecule has 3 nitrogen and oxygen atoms in total. The number of rotatable bonds is 5. The zero-order chi connectivity index (χ0) is 16.1. The van der Waals surface area contributed by atoms with Gasteiger partial charge < -0.3 is 5.32 Å². The average Bonchev–Trinajstić information content (AvgIpc) is 3.03. The highest BCUT2D eigenvalue weighted by atomic mass is 79.9. The zero-order valence-electron chi connectivity index (χ0n) is 12.3. The number of halogens is 1. The molecule has 0 saturated carbocycles. The van der Waals surface area contributed by atoms with Crippen molar-refractivity contribution in [2.24, 2.45) is 0 Å². The molecule has 0 atom stereocenters.